The maximum absolute atomic E-state index is 2.73. The number of halogens is 2. The molecule has 0 aromatic heterocycles. The molecule has 25 heavy (non-hydrogen) atoms. The molecule has 0 saturated heterocycles. The summed E-state index contributed by atoms with van der Waals surface area (Å²) in [5.74, 6) is 0. The zero-order valence-corrected chi connectivity index (χ0v) is 19.9. The molecule has 0 N–H and O–H groups in total. The van der Waals surface area contributed by atoms with Gasteiger partial charge in [0.2, 0.25) is 0 Å². The van der Waals surface area contributed by atoms with Gasteiger partial charge in [-0.25, -0.2) is 0 Å². The number of hydrogen-bond acceptors (Lipinski definition) is 0. The van der Waals surface area contributed by atoms with Crippen molar-refractivity contribution in [1.29, 1.82) is 0 Å². The summed E-state index contributed by atoms with van der Waals surface area (Å²) in [6.07, 6.45) is 7.21. The first kappa shape index (κ1) is 22.6. The van der Waals surface area contributed by atoms with E-state index in [0.717, 1.165) is 0 Å². The fraction of sp³-hybridized carbons (Fsp3) is 0.318. The van der Waals surface area contributed by atoms with Gasteiger partial charge in [0.15, 0.2) is 0 Å². The molecule has 0 saturated carbocycles. The van der Waals surface area contributed by atoms with E-state index in [1.165, 1.54) is 40.7 Å². The molecule has 2 aliphatic carbocycles. The van der Waals surface area contributed by atoms with Crippen molar-refractivity contribution in [2.45, 2.75) is 45.2 Å². The van der Waals surface area contributed by atoms with E-state index >= 15 is 0 Å². The number of benzene rings is 1. The van der Waals surface area contributed by atoms with Crippen molar-refractivity contribution >= 4 is 28.5 Å². The summed E-state index contributed by atoms with van der Waals surface area (Å²) < 4.78 is 8.86. The van der Waals surface area contributed by atoms with Gasteiger partial charge in [0.05, 0.1) is 0 Å². The number of hydrogen-bond donors (Lipinski definition) is 0. The topological polar surface area (TPSA) is 0 Å². The summed E-state index contributed by atoms with van der Waals surface area (Å²) in [6.45, 7) is 9.21. The summed E-state index contributed by atoms with van der Waals surface area (Å²) in [4.78, 5) is 0. The van der Waals surface area contributed by atoms with Gasteiger partial charge >= 0.3 is 146 Å². The fourth-order valence-electron chi connectivity index (χ4n) is 4.28. The third-order valence-corrected chi connectivity index (χ3v) is 16.5. The Morgan fingerprint density at radius 1 is 0.760 bits per heavy atom. The van der Waals surface area contributed by atoms with Gasteiger partial charge in [0.25, 0.3) is 0 Å². The Bertz CT molecular complexity index is 775. The summed E-state index contributed by atoms with van der Waals surface area (Å²) >= 11 is -2.73. The molecular formula is C22H29Cl2Zr. The Hall–Kier alpha value is -0.487. The molecule has 1 aromatic rings. The summed E-state index contributed by atoms with van der Waals surface area (Å²) in [7, 11) is 0. The van der Waals surface area contributed by atoms with Crippen LogP contribution in [-0.4, -0.2) is 3.71 Å². The molecule has 0 aliphatic heterocycles. The molecule has 0 amide bonds. The van der Waals surface area contributed by atoms with E-state index in [4.69, 9.17) is 0 Å². The molecule has 0 unspecified atom stereocenters. The van der Waals surface area contributed by atoms with Gasteiger partial charge in [-0.15, -0.1) is 24.8 Å². The van der Waals surface area contributed by atoms with Crippen molar-refractivity contribution in [3.8, 4) is 0 Å². The average molecular weight is 456 g/mol. The van der Waals surface area contributed by atoms with Crippen molar-refractivity contribution < 1.29 is 19.8 Å². The molecule has 0 radical (unpaired) electrons. The van der Waals surface area contributed by atoms with Crippen LogP contribution in [0.1, 0.15) is 46.1 Å². The molecule has 0 atom stereocenters. The monoisotopic (exact) mass is 453 g/mol. The maximum Gasteiger partial charge on any atom is -0.147 e. The van der Waals surface area contributed by atoms with Crippen LogP contribution in [0.4, 0.5) is 0 Å². The summed E-state index contributed by atoms with van der Waals surface area (Å²) in [6, 6.07) is 11.0. The van der Waals surface area contributed by atoms with E-state index in [1.807, 2.05) is 0 Å². The van der Waals surface area contributed by atoms with Crippen LogP contribution in [0.3, 0.4) is 0 Å². The second kappa shape index (κ2) is 8.94. The van der Waals surface area contributed by atoms with Gasteiger partial charge in [0, 0.05) is 0 Å². The van der Waals surface area contributed by atoms with Crippen LogP contribution in [0.5, 0.6) is 0 Å². The van der Waals surface area contributed by atoms with E-state index in [0.29, 0.717) is 0 Å². The SMILES string of the molecule is CC1=CC(C)=[C]([Zr]([CH3])(=[CH]c2ccccc2)[C]2=C(C)C=C(C)C2)C1.Cl.Cl. The van der Waals surface area contributed by atoms with E-state index in [2.05, 4.69) is 78.5 Å². The smallest absolute Gasteiger partial charge is 0.147 e. The van der Waals surface area contributed by atoms with Crippen LogP contribution in [0, 0.1) is 0 Å². The summed E-state index contributed by atoms with van der Waals surface area (Å²) in [5, 5.41) is 0. The van der Waals surface area contributed by atoms with Crippen molar-refractivity contribution in [2.75, 3.05) is 0 Å². The largest absolute Gasteiger partial charge is 0.147 e. The van der Waals surface area contributed by atoms with Crippen molar-refractivity contribution in [1.82, 2.24) is 0 Å². The van der Waals surface area contributed by atoms with Crippen LogP contribution in [-0.2, 0) is 19.8 Å². The number of allylic oxidation sites excluding steroid dienone is 8. The zero-order valence-electron chi connectivity index (χ0n) is 15.8. The van der Waals surface area contributed by atoms with Gasteiger partial charge in [-0.05, 0) is 0 Å². The molecule has 0 nitrogen and oxygen atoms in total. The van der Waals surface area contributed by atoms with E-state index < -0.39 is 19.8 Å². The van der Waals surface area contributed by atoms with Crippen LogP contribution < -0.4 is 0 Å². The Morgan fingerprint density at radius 3 is 1.56 bits per heavy atom. The van der Waals surface area contributed by atoms with Gasteiger partial charge in [-0.1, -0.05) is 0 Å². The Labute approximate surface area is 169 Å². The molecule has 2 aliphatic rings. The van der Waals surface area contributed by atoms with Crippen LogP contribution >= 0.6 is 24.8 Å². The van der Waals surface area contributed by atoms with Gasteiger partial charge in [-0.3, -0.25) is 0 Å². The second-order valence-corrected chi connectivity index (χ2v) is 17.0. The quantitative estimate of drug-likeness (QED) is 0.455. The van der Waals surface area contributed by atoms with Gasteiger partial charge < -0.3 is 0 Å². The fourth-order valence-corrected chi connectivity index (χ4v) is 15.7. The molecule has 0 fully saturated rings. The normalized spacial score (nSPS) is 17.0. The zero-order chi connectivity index (χ0) is 16.6. The minimum absolute atomic E-state index is 0. The Kier molecular flexibility index (Phi) is 8.06. The Balaban J connectivity index is 0.00000156. The molecular weight excluding hydrogens is 426 g/mol. The Morgan fingerprint density at radius 2 is 1.20 bits per heavy atom. The molecule has 1 aromatic carbocycles. The predicted octanol–water partition coefficient (Wildman–Crippen LogP) is 7.13. The van der Waals surface area contributed by atoms with Crippen LogP contribution in [0.2, 0.25) is 4.63 Å². The first-order valence-electron chi connectivity index (χ1n) is 8.56. The van der Waals surface area contributed by atoms with Crippen molar-refractivity contribution in [3.05, 3.63) is 76.9 Å². The minimum atomic E-state index is -2.73. The van der Waals surface area contributed by atoms with Crippen LogP contribution in [0.15, 0.2) is 71.3 Å². The minimum Gasteiger partial charge on any atom is -0.147 e. The third kappa shape index (κ3) is 4.62. The van der Waals surface area contributed by atoms with E-state index in [1.54, 1.807) is 6.56 Å². The molecule has 0 bridgehead atoms. The predicted molar refractivity (Wildman–Crippen MR) is 114 cm³/mol. The first-order chi connectivity index (χ1) is 10.9. The maximum atomic E-state index is 2.69. The number of rotatable bonds is 3. The average Bonchev–Trinajstić information content (AvgIpc) is 3.02. The molecule has 0 spiro atoms. The van der Waals surface area contributed by atoms with Gasteiger partial charge in [-0.2, -0.15) is 0 Å². The molecule has 0 heterocycles. The molecule has 135 valence electrons. The van der Waals surface area contributed by atoms with E-state index in [9.17, 15) is 0 Å². The summed E-state index contributed by atoms with van der Waals surface area (Å²) in [5.41, 5.74) is 7.54. The standard InChI is InChI=1S/2C7H9.C7H6.CH3.2ClH.Zr/c2*1-6-3-4-7(2)5-6;1-7-5-3-2-4-6-7;;;;/h2*5H,3H2,1-2H3;1-6H;1H3;2*1H;. The van der Waals surface area contributed by atoms with Crippen molar-refractivity contribution in [3.63, 3.8) is 0 Å². The molecule has 3 rings (SSSR count). The van der Waals surface area contributed by atoms with Crippen molar-refractivity contribution in [2.24, 2.45) is 0 Å². The third-order valence-electron chi connectivity index (χ3n) is 5.30. The molecule has 3 heteroatoms. The van der Waals surface area contributed by atoms with Crippen LogP contribution in [0.25, 0.3) is 0 Å². The second-order valence-electron chi connectivity index (χ2n) is 7.42. The first-order valence-corrected chi connectivity index (χ1v) is 14.9. The van der Waals surface area contributed by atoms with E-state index in [-0.39, 0.29) is 24.8 Å². The van der Waals surface area contributed by atoms with Gasteiger partial charge in [0.1, 0.15) is 0 Å².